The van der Waals surface area contributed by atoms with E-state index in [1.54, 1.807) is 23.9 Å². The van der Waals surface area contributed by atoms with E-state index >= 15 is 0 Å². The Balaban J connectivity index is 1.90. The summed E-state index contributed by atoms with van der Waals surface area (Å²) in [5.74, 6) is 0. The number of benzene rings is 2. The molecule has 3 rings (SSSR count). The molecule has 0 aromatic heterocycles. The molecule has 1 aliphatic heterocycles. The average Bonchev–Trinajstić information content (AvgIpc) is 2.62. The first kappa shape index (κ1) is 10.3. The van der Waals surface area contributed by atoms with Crippen molar-refractivity contribution < 1.29 is 5.48 Å². The molecule has 0 saturated carbocycles. The minimum atomic E-state index is -2.13. The second-order valence-electron chi connectivity index (χ2n) is 5.13. The van der Waals surface area contributed by atoms with Crippen LogP contribution in [0.5, 0.6) is 0 Å². The molecule has 110 valence electrons. The Hall–Kier alpha value is -1.45. The minimum absolute atomic E-state index is 0.0715. The SMILES string of the molecule is [2H]Cc1cc(C([2H])([2H])[2H])ccc1Sc1ccccc1N1CCNCC1. The van der Waals surface area contributed by atoms with Crippen LogP contribution in [0.2, 0.25) is 0 Å². The molecule has 0 radical (unpaired) electrons. The Kier molecular flexibility index (Phi) is 3.21. The Morgan fingerprint density at radius 3 is 2.76 bits per heavy atom. The molecular formula is C18H22N2S. The van der Waals surface area contributed by atoms with Gasteiger partial charge in [0.05, 0.1) is 5.69 Å². The Morgan fingerprint density at radius 2 is 1.95 bits per heavy atom. The third kappa shape index (κ3) is 3.42. The normalized spacial score (nSPS) is 18.6. The number of hydrogen-bond acceptors (Lipinski definition) is 3. The van der Waals surface area contributed by atoms with Crippen LogP contribution in [-0.2, 0) is 0 Å². The minimum Gasteiger partial charge on any atom is -0.368 e. The van der Waals surface area contributed by atoms with E-state index in [4.69, 9.17) is 5.48 Å². The highest BCUT2D eigenvalue weighted by molar-refractivity contribution is 7.99. The third-order valence-electron chi connectivity index (χ3n) is 3.60. The van der Waals surface area contributed by atoms with E-state index in [0.29, 0.717) is 5.56 Å². The van der Waals surface area contributed by atoms with Crippen molar-refractivity contribution in [2.45, 2.75) is 23.5 Å². The molecule has 0 aliphatic carbocycles. The zero-order chi connectivity index (χ0) is 17.9. The summed E-state index contributed by atoms with van der Waals surface area (Å²) in [5.41, 5.74) is 2.26. The van der Waals surface area contributed by atoms with Crippen molar-refractivity contribution in [2.24, 2.45) is 0 Å². The van der Waals surface area contributed by atoms with E-state index < -0.39 is 6.85 Å². The Morgan fingerprint density at radius 1 is 1.10 bits per heavy atom. The van der Waals surface area contributed by atoms with Gasteiger partial charge >= 0.3 is 0 Å². The molecule has 21 heavy (non-hydrogen) atoms. The van der Waals surface area contributed by atoms with Crippen LogP contribution in [0.3, 0.4) is 0 Å². The maximum absolute atomic E-state index is 7.79. The lowest BCUT2D eigenvalue weighted by atomic mass is 10.2. The Bertz CT molecular complexity index is 727. The summed E-state index contributed by atoms with van der Waals surface area (Å²) in [6.07, 6.45) is 0. The van der Waals surface area contributed by atoms with Crippen molar-refractivity contribution >= 4 is 17.4 Å². The fraction of sp³-hybridized carbons (Fsp3) is 0.333. The van der Waals surface area contributed by atoms with Crippen LogP contribution in [0.1, 0.15) is 16.6 Å². The van der Waals surface area contributed by atoms with E-state index in [9.17, 15) is 0 Å². The van der Waals surface area contributed by atoms with Gasteiger partial charge in [-0.05, 0) is 37.5 Å². The number of piperazine rings is 1. The molecule has 2 nitrogen and oxygen atoms in total. The van der Waals surface area contributed by atoms with Crippen molar-refractivity contribution in [2.75, 3.05) is 31.1 Å². The highest BCUT2D eigenvalue weighted by Gasteiger charge is 2.14. The third-order valence-corrected chi connectivity index (χ3v) is 4.79. The second-order valence-corrected chi connectivity index (χ2v) is 6.21. The van der Waals surface area contributed by atoms with Crippen molar-refractivity contribution in [1.82, 2.24) is 5.32 Å². The molecule has 1 heterocycles. The molecule has 3 heteroatoms. The molecule has 2 aromatic rings. The molecule has 0 amide bonds. The van der Waals surface area contributed by atoms with Gasteiger partial charge in [0.15, 0.2) is 0 Å². The van der Waals surface area contributed by atoms with E-state index in [1.807, 2.05) is 18.2 Å². The number of nitrogens with zero attached hydrogens (tertiary/aromatic N) is 1. The van der Waals surface area contributed by atoms with E-state index in [1.165, 1.54) is 5.69 Å². The number of anilines is 1. The van der Waals surface area contributed by atoms with Gasteiger partial charge in [-0.3, -0.25) is 0 Å². The fourth-order valence-corrected chi connectivity index (χ4v) is 3.52. The first-order chi connectivity index (χ1) is 12.0. The van der Waals surface area contributed by atoms with Gasteiger partial charge in [0.1, 0.15) is 0 Å². The van der Waals surface area contributed by atoms with Crippen molar-refractivity contribution in [1.29, 1.82) is 0 Å². The first-order valence-electron chi connectivity index (χ1n) is 9.35. The van der Waals surface area contributed by atoms with Crippen LogP contribution in [-0.4, -0.2) is 26.2 Å². The number of para-hydroxylation sites is 1. The van der Waals surface area contributed by atoms with Gasteiger partial charge in [0.2, 0.25) is 0 Å². The van der Waals surface area contributed by atoms with Crippen molar-refractivity contribution in [3.63, 3.8) is 0 Å². The lowest BCUT2D eigenvalue weighted by molar-refractivity contribution is 0.587. The lowest BCUT2D eigenvalue weighted by Gasteiger charge is -2.31. The molecule has 1 N–H and O–H groups in total. The maximum atomic E-state index is 7.79. The number of nitrogens with one attached hydrogen (secondary N) is 1. The van der Waals surface area contributed by atoms with Crippen LogP contribution in [0.25, 0.3) is 0 Å². The van der Waals surface area contributed by atoms with E-state index in [0.717, 1.165) is 41.5 Å². The predicted octanol–water partition coefficient (Wildman–Crippen LogP) is 3.86. The largest absolute Gasteiger partial charge is 0.368 e. The predicted molar refractivity (Wildman–Crippen MR) is 91.6 cm³/mol. The molecule has 0 unspecified atom stereocenters. The average molecular weight is 302 g/mol. The van der Waals surface area contributed by atoms with E-state index in [2.05, 4.69) is 22.3 Å². The van der Waals surface area contributed by atoms with Crippen LogP contribution in [0.4, 0.5) is 5.69 Å². The van der Waals surface area contributed by atoms with Crippen LogP contribution < -0.4 is 10.2 Å². The number of hydrogen-bond donors (Lipinski definition) is 1. The fourth-order valence-electron chi connectivity index (χ4n) is 2.51. The first-order valence-corrected chi connectivity index (χ1v) is 7.96. The number of aryl methyl sites for hydroxylation is 2. The van der Waals surface area contributed by atoms with Gasteiger partial charge in [0, 0.05) is 41.5 Å². The molecule has 1 fully saturated rings. The molecule has 0 bridgehead atoms. The van der Waals surface area contributed by atoms with Gasteiger partial charge in [0.25, 0.3) is 0 Å². The van der Waals surface area contributed by atoms with Crippen LogP contribution >= 0.6 is 11.8 Å². The zero-order valence-electron chi connectivity index (χ0n) is 15.9. The number of rotatable bonds is 3. The van der Waals surface area contributed by atoms with Gasteiger partial charge in [-0.1, -0.05) is 41.6 Å². The maximum Gasteiger partial charge on any atom is 0.0508 e. The summed E-state index contributed by atoms with van der Waals surface area (Å²) in [6, 6.07) is 13.4. The molecule has 1 saturated heterocycles. The highest BCUT2D eigenvalue weighted by Crippen LogP contribution is 2.37. The summed E-state index contributed by atoms with van der Waals surface area (Å²) in [6.45, 7) is 1.84. The van der Waals surface area contributed by atoms with Gasteiger partial charge in [-0.25, -0.2) is 0 Å². The van der Waals surface area contributed by atoms with E-state index in [-0.39, 0.29) is 6.90 Å². The standard InChI is InChI=1S/C18H22N2S/c1-14-7-8-17(15(2)13-14)21-18-6-4-3-5-16(18)20-11-9-19-10-12-20/h3-8,13,19H,9-12H2,1-2H3/i1D3,2D. The van der Waals surface area contributed by atoms with Gasteiger partial charge in [-0.15, -0.1) is 0 Å². The molecule has 0 atom stereocenters. The zero-order valence-corrected chi connectivity index (χ0v) is 12.7. The summed E-state index contributed by atoms with van der Waals surface area (Å²) in [4.78, 5) is 4.46. The second kappa shape index (κ2) is 6.54. The summed E-state index contributed by atoms with van der Waals surface area (Å²) >= 11 is 1.61. The summed E-state index contributed by atoms with van der Waals surface area (Å²) in [7, 11) is 0. The van der Waals surface area contributed by atoms with Crippen LogP contribution in [0, 0.1) is 13.8 Å². The summed E-state index contributed by atoms with van der Waals surface area (Å²) < 4.78 is 30.5. The topological polar surface area (TPSA) is 15.3 Å². The lowest BCUT2D eigenvalue weighted by Crippen LogP contribution is -2.43. The molecular weight excluding hydrogens is 276 g/mol. The summed E-state index contributed by atoms with van der Waals surface area (Å²) in [5, 5.41) is 3.37. The van der Waals surface area contributed by atoms with Crippen molar-refractivity contribution in [3.8, 4) is 0 Å². The van der Waals surface area contributed by atoms with Crippen molar-refractivity contribution in [3.05, 3.63) is 53.6 Å². The van der Waals surface area contributed by atoms with Gasteiger partial charge < -0.3 is 10.2 Å². The smallest absolute Gasteiger partial charge is 0.0508 e. The molecule has 2 aromatic carbocycles. The highest BCUT2D eigenvalue weighted by atomic mass is 32.2. The monoisotopic (exact) mass is 302 g/mol. The van der Waals surface area contributed by atoms with Crippen LogP contribution in [0.15, 0.2) is 52.3 Å². The quantitative estimate of drug-likeness (QED) is 0.927. The molecule has 1 aliphatic rings. The molecule has 0 spiro atoms. The Labute approximate surface area is 137 Å². The van der Waals surface area contributed by atoms with Gasteiger partial charge in [-0.2, -0.15) is 0 Å².